The molecule has 0 aromatic heterocycles. The molecule has 0 spiro atoms. The van der Waals surface area contributed by atoms with E-state index in [1.54, 1.807) is 7.11 Å². The van der Waals surface area contributed by atoms with Crippen LogP contribution in [0.5, 0.6) is 5.75 Å². The van der Waals surface area contributed by atoms with E-state index in [1.165, 1.54) is 5.56 Å². The van der Waals surface area contributed by atoms with E-state index in [4.69, 9.17) is 10.00 Å². The van der Waals surface area contributed by atoms with Gasteiger partial charge < -0.3 is 9.64 Å². The molecule has 1 aromatic carbocycles. The lowest BCUT2D eigenvalue weighted by molar-refractivity contribution is 0.414. The molecule has 0 radical (unpaired) electrons. The number of unbranched alkanes of at least 4 members (excludes halogenated alkanes) is 1. The summed E-state index contributed by atoms with van der Waals surface area (Å²) in [6.45, 7) is 5.21. The number of ether oxygens (including phenoxy) is 1. The largest absolute Gasteiger partial charge is 0.495 e. The Morgan fingerprint density at radius 3 is 2.67 bits per heavy atom. The van der Waals surface area contributed by atoms with Crippen molar-refractivity contribution in [2.45, 2.75) is 32.6 Å². The van der Waals surface area contributed by atoms with Gasteiger partial charge in [-0.1, -0.05) is 19.9 Å². The van der Waals surface area contributed by atoms with Crippen molar-refractivity contribution in [1.29, 1.82) is 5.26 Å². The Kier molecular flexibility index (Phi) is 5.51. The summed E-state index contributed by atoms with van der Waals surface area (Å²) in [7, 11) is 3.73. The predicted molar refractivity (Wildman–Crippen MR) is 75.2 cm³/mol. The number of hydrogen-bond donors (Lipinski definition) is 0. The molecular weight excluding hydrogens is 224 g/mol. The van der Waals surface area contributed by atoms with Crippen LogP contribution in [0, 0.1) is 11.3 Å². The van der Waals surface area contributed by atoms with Crippen LogP contribution in [0.1, 0.15) is 38.2 Å². The molecule has 0 fully saturated rings. The van der Waals surface area contributed by atoms with Gasteiger partial charge in [0.15, 0.2) is 0 Å². The molecule has 1 aromatic rings. The molecule has 18 heavy (non-hydrogen) atoms. The number of nitriles is 1. The molecule has 0 unspecified atom stereocenters. The third-order valence-corrected chi connectivity index (χ3v) is 3.06. The molecule has 0 atom stereocenters. The van der Waals surface area contributed by atoms with Crippen LogP contribution in [-0.4, -0.2) is 20.7 Å². The Balaban J connectivity index is 2.85. The highest BCUT2D eigenvalue weighted by atomic mass is 16.5. The molecular formula is C15H22N2O. The number of anilines is 1. The van der Waals surface area contributed by atoms with E-state index in [0.717, 1.165) is 24.4 Å². The summed E-state index contributed by atoms with van der Waals surface area (Å²) in [6.07, 6.45) is 1.47. The van der Waals surface area contributed by atoms with Crippen molar-refractivity contribution in [3.8, 4) is 11.8 Å². The summed E-state index contributed by atoms with van der Waals surface area (Å²) < 4.78 is 5.46. The van der Waals surface area contributed by atoms with Gasteiger partial charge >= 0.3 is 0 Å². The van der Waals surface area contributed by atoms with E-state index in [9.17, 15) is 0 Å². The number of nitrogens with zero attached hydrogens (tertiary/aromatic N) is 2. The van der Waals surface area contributed by atoms with E-state index in [1.807, 2.05) is 7.05 Å². The van der Waals surface area contributed by atoms with Gasteiger partial charge in [0.05, 0.1) is 18.9 Å². The molecule has 0 saturated carbocycles. The highest BCUT2D eigenvalue weighted by Crippen LogP contribution is 2.31. The van der Waals surface area contributed by atoms with Gasteiger partial charge in [0, 0.05) is 20.0 Å². The molecule has 0 aliphatic carbocycles. The fraction of sp³-hybridized carbons (Fsp3) is 0.533. The second-order valence-electron chi connectivity index (χ2n) is 4.77. The van der Waals surface area contributed by atoms with Gasteiger partial charge in [-0.15, -0.1) is 0 Å². The standard InChI is InChI=1S/C15H22N2O/c1-12(2)13-7-8-14(15(11-13)18-4)17(3)10-6-5-9-16/h7-8,11-12H,5-6,10H2,1-4H3. The summed E-state index contributed by atoms with van der Waals surface area (Å²) in [5, 5.41) is 8.55. The zero-order chi connectivity index (χ0) is 13.5. The van der Waals surface area contributed by atoms with Gasteiger partial charge in [-0.05, 0) is 30.0 Å². The van der Waals surface area contributed by atoms with Crippen molar-refractivity contribution >= 4 is 5.69 Å². The molecule has 0 aliphatic rings. The van der Waals surface area contributed by atoms with E-state index < -0.39 is 0 Å². The summed E-state index contributed by atoms with van der Waals surface area (Å²) in [5.74, 6) is 1.40. The van der Waals surface area contributed by atoms with E-state index in [0.29, 0.717) is 12.3 Å². The van der Waals surface area contributed by atoms with Crippen molar-refractivity contribution < 1.29 is 4.74 Å². The first-order valence-electron chi connectivity index (χ1n) is 6.36. The van der Waals surface area contributed by atoms with Crippen LogP contribution in [-0.2, 0) is 0 Å². The minimum Gasteiger partial charge on any atom is -0.495 e. The SMILES string of the molecule is COc1cc(C(C)C)ccc1N(C)CCCC#N. The van der Waals surface area contributed by atoms with Gasteiger partial charge in [-0.25, -0.2) is 0 Å². The summed E-state index contributed by atoms with van der Waals surface area (Å²) in [6, 6.07) is 8.51. The van der Waals surface area contributed by atoms with Crippen molar-refractivity contribution in [3.05, 3.63) is 23.8 Å². The maximum Gasteiger partial charge on any atom is 0.142 e. The monoisotopic (exact) mass is 246 g/mol. The Bertz CT molecular complexity index is 421. The Labute approximate surface area is 110 Å². The van der Waals surface area contributed by atoms with Crippen LogP contribution in [0.2, 0.25) is 0 Å². The molecule has 0 N–H and O–H groups in total. The van der Waals surface area contributed by atoms with Crippen LogP contribution in [0.15, 0.2) is 18.2 Å². The van der Waals surface area contributed by atoms with Crippen molar-refractivity contribution in [2.75, 3.05) is 25.6 Å². The molecule has 0 bridgehead atoms. The summed E-state index contributed by atoms with van der Waals surface area (Å²) in [5.41, 5.74) is 2.36. The fourth-order valence-electron chi connectivity index (χ4n) is 1.88. The Morgan fingerprint density at radius 1 is 1.39 bits per heavy atom. The third kappa shape index (κ3) is 3.66. The van der Waals surface area contributed by atoms with Gasteiger partial charge in [0.2, 0.25) is 0 Å². The summed E-state index contributed by atoms with van der Waals surface area (Å²) in [4.78, 5) is 2.14. The number of methoxy groups -OCH3 is 1. The average Bonchev–Trinajstić information content (AvgIpc) is 2.38. The summed E-state index contributed by atoms with van der Waals surface area (Å²) >= 11 is 0. The van der Waals surface area contributed by atoms with Crippen LogP contribution in [0.3, 0.4) is 0 Å². The molecule has 0 aliphatic heterocycles. The van der Waals surface area contributed by atoms with Gasteiger partial charge in [-0.2, -0.15) is 5.26 Å². The zero-order valence-corrected chi connectivity index (χ0v) is 11.7. The molecule has 1 rings (SSSR count). The number of rotatable bonds is 6. The third-order valence-electron chi connectivity index (χ3n) is 3.06. The maximum atomic E-state index is 8.55. The number of benzene rings is 1. The predicted octanol–water partition coefficient (Wildman–Crippen LogP) is 3.56. The molecule has 3 heteroatoms. The van der Waals surface area contributed by atoms with E-state index in [-0.39, 0.29) is 0 Å². The van der Waals surface area contributed by atoms with Crippen molar-refractivity contribution in [1.82, 2.24) is 0 Å². The lowest BCUT2D eigenvalue weighted by Crippen LogP contribution is -2.19. The second-order valence-corrected chi connectivity index (χ2v) is 4.77. The molecule has 0 amide bonds. The van der Waals surface area contributed by atoms with Crippen LogP contribution < -0.4 is 9.64 Å². The second kappa shape index (κ2) is 6.90. The van der Waals surface area contributed by atoms with E-state index in [2.05, 4.69) is 43.0 Å². The zero-order valence-electron chi connectivity index (χ0n) is 11.7. The van der Waals surface area contributed by atoms with E-state index >= 15 is 0 Å². The fourth-order valence-corrected chi connectivity index (χ4v) is 1.88. The molecule has 98 valence electrons. The lowest BCUT2D eigenvalue weighted by Gasteiger charge is -2.22. The van der Waals surface area contributed by atoms with Crippen LogP contribution in [0.4, 0.5) is 5.69 Å². The topological polar surface area (TPSA) is 36.3 Å². The normalized spacial score (nSPS) is 10.2. The van der Waals surface area contributed by atoms with Gasteiger partial charge in [-0.3, -0.25) is 0 Å². The lowest BCUT2D eigenvalue weighted by atomic mass is 10.0. The minimum absolute atomic E-state index is 0.497. The maximum absolute atomic E-state index is 8.55. The Morgan fingerprint density at radius 2 is 2.11 bits per heavy atom. The highest BCUT2D eigenvalue weighted by Gasteiger charge is 2.10. The van der Waals surface area contributed by atoms with Gasteiger partial charge in [0.25, 0.3) is 0 Å². The number of hydrogen-bond acceptors (Lipinski definition) is 3. The quantitative estimate of drug-likeness (QED) is 0.720. The van der Waals surface area contributed by atoms with Crippen LogP contribution >= 0.6 is 0 Å². The van der Waals surface area contributed by atoms with Crippen LogP contribution in [0.25, 0.3) is 0 Å². The first-order valence-corrected chi connectivity index (χ1v) is 6.36. The molecule has 0 saturated heterocycles. The smallest absolute Gasteiger partial charge is 0.142 e. The van der Waals surface area contributed by atoms with Crippen molar-refractivity contribution in [2.24, 2.45) is 0 Å². The minimum atomic E-state index is 0.497. The first-order chi connectivity index (χ1) is 8.60. The molecule has 0 heterocycles. The highest BCUT2D eigenvalue weighted by molar-refractivity contribution is 5.59. The Hall–Kier alpha value is -1.69. The molecule has 3 nitrogen and oxygen atoms in total. The van der Waals surface area contributed by atoms with Gasteiger partial charge in [0.1, 0.15) is 5.75 Å². The first kappa shape index (κ1) is 14.4. The average molecular weight is 246 g/mol. The van der Waals surface area contributed by atoms with Crippen molar-refractivity contribution in [3.63, 3.8) is 0 Å².